The second kappa shape index (κ2) is 43.7. The minimum Gasteiger partial charge on any atom is -0.480 e. The maximum Gasteiger partial charge on any atom is 0.327 e. The first-order valence-corrected chi connectivity index (χ1v) is 30.9. The number of carboxylic acid groups (broad SMARTS) is 1. The molecule has 15 amide bonds. The van der Waals surface area contributed by atoms with Crippen molar-refractivity contribution in [3.63, 3.8) is 0 Å². The summed E-state index contributed by atoms with van der Waals surface area (Å²) in [5, 5.41) is 37.1. The Morgan fingerprint density at radius 3 is 1.06 bits per heavy atom. The zero-order valence-corrected chi connectivity index (χ0v) is 50.9. The van der Waals surface area contributed by atoms with E-state index in [0.717, 1.165) is 23.5 Å². The predicted octanol–water partition coefficient (Wildman–Crippen LogP) is -10.1. The third kappa shape index (κ3) is 34.4. The Kier molecular flexibility index (Phi) is 36.9. The number of ether oxygens (including phenoxy) is 3. The van der Waals surface area contributed by atoms with Crippen molar-refractivity contribution in [2.45, 2.75) is 56.7 Å². The average molecular weight is 1300 g/mol. The van der Waals surface area contributed by atoms with Crippen LogP contribution in [0.1, 0.15) is 38.5 Å². The molecule has 3 aliphatic heterocycles. The SMILES string of the molecule is N[C@H]1CCCCC(=O)N2CCOCCN3CCOCCN(CCOCC2)C(=O)CCSC[C@H](NC(=O)CNC(=O)CNC(=O)CNC(=O)CNC(=O)CNC1=O)C(=O)NCC(=O)NCC(=O)NCC(=O)NCC(=O)NCC(=O)N[C@H](C(=O)O)CSCCC3=O. The summed E-state index contributed by atoms with van der Waals surface area (Å²) in [6.07, 6.45) is 0.695. The van der Waals surface area contributed by atoms with Crippen molar-refractivity contribution in [2.24, 2.45) is 5.73 Å². The number of hydrogen-bond donors (Lipinski definition) is 14. The largest absolute Gasteiger partial charge is 0.480 e. The number of nitrogens with one attached hydrogen (secondary N) is 12. The summed E-state index contributed by atoms with van der Waals surface area (Å²) in [4.78, 5) is 209. The summed E-state index contributed by atoms with van der Waals surface area (Å²) in [5.74, 6) is -12.5. The van der Waals surface area contributed by atoms with Crippen LogP contribution in [-0.4, -0.2) is 300 Å². The number of carbonyl (C=O) groups is 16. The number of carbonyl (C=O) groups excluding carboxylic acids is 15. The lowest BCUT2D eigenvalue weighted by Crippen LogP contribution is -2.53. The van der Waals surface area contributed by atoms with Gasteiger partial charge in [-0.1, -0.05) is 6.42 Å². The van der Waals surface area contributed by atoms with Crippen LogP contribution >= 0.6 is 23.5 Å². The minimum atomic E-state index is -1.42. The van der Waals surface area contributed by atoms with Gasteiger partial charge in [0.15, 0.2) is 0 Å². The van der Waals surface area contributed by atoms with Gasteiger partial charge in [-0.25, -0.2) is 4.79 Å². The number of carboxylic acids is 1. The predicted molar refractivity (Wildman–Crippen MR) is 314 cm³/mol. The highest BCUT2D eigenvalue weighted by molar-refractivity contribution is 7.99. The van der Waals surface area contributed by atoms with Gasteiger partial charge in [-0.05, 0) is 12.8 Å². The number of fused-ring (bicyclic) bond motifs is 15. The van der Waals surface area contributed by atoms with Crippen molar-refractivity contribution in [3.05, 3.63) is 0 Å². The van der Waals surface area contributed by atoms with E-state index >= 15 is 0 Å². The summed E-state index contributed by atoms with van der Waals surface area (Å²) in [7, 11) is 0. The molecule has 36 nitrogen and oxygen atoms in total. The van der Waals surface area contributed by atoms with Crippen LogP contribution in [0.4, 0.5) is 0 Å². The molecule has 3 atom stereocenters. The Morgan fingerprint density at radius 1 is 0.393 bits per heavy atom. The van der Waals surface area contributed by atoms with Crippen LogP contribution in [0.15, 0.2) is 0 Å². The van der Waals surface area contributed by atoms with Crippen molar-refractivity contribution in [1.29, 1.82) is 0 Å². The lowest BCUT2D eigenvalue weighted by molar-refractivity contribution is -0.141. The molecule has 3 aliphatic rings. The van der Waals surface area contributed by atoms with Crippen molar-refractivity contribution in [1.82, 2.24) is 78.5 Å². The van der Waals surface area contributed by atoms with E-state index in [4.69, 9.17) is 19.9 Å². The standard InChI is InChI=1S/C51H82N16O20S2/c52-33-3-1-2-4-46(78)65-7-13-85-15-9-66-11-17-87-18-12-67(10-16-86-14-8-65)48(80)6-20-89-32-35(51(83)84)64-45(77)30-60-41(73)26-56-37(69)22-54-39(71)24-58-43(75)28-62-50(82)34(31-88-19-5-47(66)79)63-44(76)29-59-40(72)25-55-36(68)21-53-38(70)23-57-42(74)27-61-49(33)81/h33-35H,1-32,52H2,(H,53,70)(H,54,71)(H,55,68)(H,56,69)(H,57,74)(H,58,75)(H,59,72)(H,60,73)(H,61,81)(H,62,82)(H,63,76)(H,64,77)(H,83,84)/t33-,34-,35-/m0/s1. The molecule has 0 saturated carbocycles. The molecular formula is C51H82N16O20S2. The van der Waals surface area contributed by atoms with Gasteiger partial charge in [0.05, 0.1) is 111 Å². The van der Waals surface area contributed by atoms with Crippen molar-refractivity contribution in [2.75, 3.05) is 167 Å². The van der Waals surface area contributed by atoms with Gasteiger partial charge >= 0.3 is 5.97 Å². The average Bonchev–Trinajstić information content (AvgIpc) is 3.61. The van der Waals surface area contributed by atoms with E-state index in [-0.39, 0.29) is 145 Å². The molecule has 89 heavy (non-hydrogen) atoms. The number of rotatable bonds is 1. The molecule has 3 heterocycles. The van der Waals surface area contributed by atoms with Crippen LogP contribution in [0.5, 0.6) is 0 Å². The Morgan fingerprint density at radius 2 is 0.697 bits per heavy atom. The molecule has 0 spiro atoms. The first kappa shape index (κ1) is 75.3. The summed E-state index contributed by atoms with van der Waals surface area (Å²) < 4.78 is 17.7. The molecule has 0 aromatic carbocycles. The Labute approximate surface area is 520 Å². The molecule has 3 saturated heterocycles. The van der Waals surface area contributed by atoms with Gasteiger partial charge in [0.1, 0.15) is 12.1 Å². The highest BCUT2D eigenvalue weighted by atomic mass is 32.2. The number of nitrogens with zero attached hydrogens (tertiary/aromatic N) is 3. The molecule has 38 heteroatoms. The fraction of sp³-hybridized carbons (Fsp3) is 0.686. The zero-order valence-electron chi connectivity index (χ0n) is 49.3. The Balaban J connectivity index is 1.90. The summed E-state index contributed by atoms with van der Waals surface area (Å²) in [6.45, 7) is -5.74. The lowest BCUT2D eigenvalue weighted by atomic mass is 10.1. The van der Waals surface area contributed by atoms with Gasteiger partial charge in [0, 0.05) is 81.5 Å². The zero-order chi connectivity index (χ0) is 65.3. The van der Waals surface area contributed by atoms with E-state index in [1.54, 1.807) is 0 Å². The number of nitrogens with two attached hydrogens (primary N) is 1. The van der Waals surface area contributed by atoms with Gasteiger partial charge < -0.3 is 104 Å². The minimum absolute atomic E-state index is 0.0124. The van der Waals surface area contributed by atoms with Crippen LogP contribution in [0.25, 0.3) is 0 Å². The van der Waals surface area contributed by atoms with Crippen LogP contribution < -0.4 is 69.5 Å². The molecule has 15 N–H and O–H groups in total. The lowest BCUT2D eigenvalue weighted by Gasteiger charge is -2.26. The van der Waals surface area contributed by atoms with E-state index in [0.29, 0.717) is 12.8 Å². The fourth-order valence-electron chi connectivity index (χ4n) is 7.77. The highest BCUT2D eigenvalue weighted by Crippen LogP contribution is 2.11. The van der Waals surface area contributed by atoms with Crippen molar-refractivity contribution in [3.8, 4) is 0 Å². The van der Waals surface area contributed by atoms with Gasteiger partial charge in [0.25, 0.3) is 0 Å². The Bertz CT molecular complexity index is 2470. The topological polar surface area (TPSA) is 501 Å². The second-order valence-electron chi connectivity index (χ2n) is 19.7. The molecule has 0 unspecified atom stereocenters. The molecule has 4 bridgehead atoms. The van der Waals surface area contributed by atoms with Crippen LogP contribution in [-0.2, 0) is 90.9 Å². The molecule has 0 aromatic rings. The van der Waals surface area contributed by atoms with Crippen LogP contribution in [0, 0.1) is 0 Å². The first-order valence-electron chi connectivity index (χ1n) is 28.6. The van der Waals surface area contributed by atoms with Crippen molar-refractivity contribution < 1.29 is 96.0 Å². The molecule has 0 aliphatic carbocycles. The summed E-state index contributed by atoms with van der Waals surface area (Å²) >= 11 is 2.13. The van der Waals surface area contributed by atoms with Gasteiger partial charge in [-0.2, -0.15) is 23.5 Å². The molecule has 0 radical (unpaired) electrons. The number of hydrogen-bond acceptors (Lipinski definition) is 22. The molecule has 0 aromatic heterocycles. The van der Waals surface area contributed by atoms with Crippen LogP contribution in [0.2, 0.25) is 0 Å². The van der Waals surface area contributed by atoms with Gasteiger partial charge in [-0.3, -0.25) is 71.9 Å². The second-order valence-corrected chi connectivity index (χ2v) is 22.0. The van der Waals surface area contributed by atoms with E-state index in [1.807, 2.05) is 0 Å². The third-order valence-corrected chi connectivity index (χ3v) is 14.9. The van der Waals surface area contributed by atoms with Crippen molar-refractivity contribution >= 4 is 118 Å². The van der Waals surface area contributed by atoms with Gasteiger partial charge in [0.2, 0.25) is 88.6 Å². The first-order chi connectivity index (χ1) is 42.6. The maximum absolute atomic E-state index is 13.9. The van der Waals surface area contributed by atoms with E-state index < -0.39 is 160 Å². The highest BCUT2D eigenvalue weighted by Gasteiger charge is 2.26. The third-order valence-electron chi connectivity index (χ3n) is 12.8. The van der Waals surface area contributed by atoms with E-state index in [2.05, 4.69) is 63.8 Å². The van der Waals surface area contributed by atoms with Gasteiger partial charge in [-0.15, -0.1) is 0 Å². The molecular weight excluding hydrogens is 1220 g/mol. The quantitative estimate of drug-likeness (QED) is 0.116. The summed E-state index contributed by atoms with van der Waals surface area (Å²) in [5.41, 5.74) is 6.06. The molecule has 3 rings (SSSR count). The maximum atomic E-state index is 13.9. The fourth-order valence-corrected chi connectivity index (χ4v) is 9.68. The normalized spacial score (nSPS) is 23.7. The smallest absolute Gasteiger partial charge is 0.327 e. The number of thioether (sulfide) groups is 2. The summed E-state index contributed by atoms with van der Waals surface area (Å²) in [6, 6.07) is -3.85. The van der Waals surface area contributed by atoms with E-state index in [9.17, 15) is 81.8 Å². The molecule has 498 valence electrons. The van der Waals surface area contributed by atoms with Crippen LogP contribution in [0.3, 0.4) is 0 Å². The number of amides is 15. The molecule has 3 fully saturated rings. The van der Waals surface area contributed by atoms with E-state index in [1.165, 1.54) is 14.7 Å². The Hall–Kier alpha value is -7.94. The monoisotopic (exact) mass is 1300 g/mol. The number of aliphatic carboxylic acids is 1.